The highest BCUT2D eigenvalue weighted by molar-refractivity contribution is 7.98. The molecule has 172 valence electrons. The number of hydrogen-bond donors (Lipinski definition) is 1. The van der Waals surface area contributed by atoms with Crippen LogP contribution in [0.25, 0.3) is 5.69 Å². The monoisotopic (exact) mass is 477 g/mol. The zero-order valence-electron chi connectivity index (χ0n) is 18.1. The number of rotatable bonds is 8. The van der Waals surface area contributed by atoms with E-state index in [9.17, 15) is 19.3 Å². The first-order valence-corrected chi connectivity index (χ1v) is 11.3. The van der Waals surface area contributed by atoms with Crippen LogP contribution in [-0.4, -0.2) is 25.6 Å². The van der Waals surface area contributed by atoms with Gasteiger partial charge in [-0.15, -0.1) is 10.2 Å². The molecule has 0 atom stereocenters. The molecule has 34 heavy (non-hydrogen) atoms. The maximum atomic E-state index is 13.1. The van der Waals surface area contributed by atoms with Crippen LogP contribution in [0.3, 0.4) is 0 Å². The molecule has 0 aliphatic carbocycles. The maximum Gasteiger partial charge on any atom is 0.269 e. The Morgan fingerprint density at radius 3 is 2.50 bits per heavy atom. The summed E-state index contributed by atoms with van der Waals surface area (Å²) in [6, 6.07) is 19.4. The van der Waals surface area contributed by atoms with Gasteiger partial charge < -0.3 is 5.32 Å². The molecule has 3 aromatic carbocycles. The van der Waals surface area contributed by atoms with Gasteiger partial charge in [0.1, 0.15) is 5.82 Å². The minimum absolute atomic E-state index is 0.0306. The standard InChI is InChI=1S/C24H20FN5O3S/c1-16-3-2-4-17(13-16)15-34-24-28-27-22(14-26-23(31)18-5-7-19(25)8-6-18)29(24)20-9-11-21(12-10-20)30(32)33/h2-13H,14-15H2,1H3,(H,26,31). The predicted octanol–water partition coefficient (Wildman–Crippen LogP) is 4.85. The SMILES string of the molecule is Cc1cccc(CSc2nnc(CNC(=O)c3ccc(F)cc3)n2-c2ccc([N+](=O)[O-])cc2)c1. The number of aromatic nitrogens is 3. The Bertz CT molecular complexity index is 1320. The summed E-state index contributed by atoms with van der Waals surface area (Å²) >= 11 is 1.47. The molecule has 1 amide bonds. The molecule has 1 N–H and O–H groups in total. The summed E-state index contributed by atoms with van der Waals surface area (Å²) in [7, 11) is 0. The lowest BCUT2D eigenvalue weighted by atomic mass is 10.2. The van der Waals surface area contributed by atoms with Gasteiger partial charge in [0.05, 0.1) is 11.5 Å². The van der Waals surface area contributed by atoms with Crippen molar-refractivity contribution in [2.75, 3.05) is 0 Å². The molecule has 8 nitrogen and oxygen atoms in total. The highest BCUT2D eigenvalue weighted by atomic mass is 32.2. The van der Waals surface area contributed by atoms with Gasteiger partial charge in [0.15, 0.2) is 11.0 Å². The number of thioether (sulfide) groups is 1. The largest absolute Gasteiger partial charge is 0.345 e. The summed E-state index contributed by atoms with van der Waals surface area (Å²) in [5.74, 6) is 0.294. The number of carbonyl (C=O) groups is 1. The van der Waals surface area contributed by atoms with Crippen LogP contribution in [0.4, 0.5) is 10.1 Å². The fourth-order valence-electron chi connectivity index (χ4n) is 3.30. The lowest BCUT2D eigenvalue weighted by Gasteiger charge is -2.11. The molecule has 0 saturated carbocycles. The molecule has 0 bridgehead atoms. The van der Waals surface area contributed by atoms with E-state index in [1.807, 2.05) is 25.1 Å². The number of nitrogens with zero attached hydrogens (tertiary/aromatic N) is 4. The molecule has 0 radical (unpaired) electrons. The van der Waals surface area contributed by atoms with Crippen LogP contribution in [0.1, 0.15) is 27.3 Å². The van der Waals surface area contributed by atoms with Crippen LogP contribution in [0.5, 0.6) is 0 Å². The second kappa shape index (κ2) is 10.3. The Morgan fingerprint density at radius 2 is 1.82 bits per heavy atom. The van der Waals surface area contributed by atoms with E-state index in [1.165, 1.54) is 48.2 Å². The second-order valence-corrected chi connectivity index (χ2v) is 8.42. The minimum atomic E-state index is -0.465. The van der Waals surface area contributed by atoms with Gasteiger partial charge in [-0.3, -0.25) is 19.5 Å². The van der Waals surface area contributed by atoms with Gasteiger partial charge in [-0.25, -0.2) is 4.39 Å². The van der Waals surface area contributed by atoms with E-state index < -0.39 is 10.7 Å². The molecule has 1 aromatic heterocycles. The van der Waals surface area contributed by atoms with Gasteiger partial charge >= 0.3 is 0 Å². The highest BCUT2D eigenvalue weighted by Gasteiger charge is 2.17. The number of halogens is 1. The van der Waals surface area contributed by atoms with E-state index in [-0.39, 0.29) is 18.1 Å². The van der Waals surface area contributed by atoms with Gasteiger partial charge in [0.25, 0.3) is 11.6 Å². The van der Waals surface area contributed by atoms with Gasteiger partial charge in [-0.2, -0.15) is 0 Å². The van der Waals surface area contributed by atoms with E-state index in [2.05, 4.69) is 21.6 Å². The Balaban J connectivity index is 1.59. The third-order valence-corrected chi connectivity index (χ3v) is 5.98. The molecule has 0 aliphatic rings. The number of amides is 1. The summed E-state index contributed by atoms with van der Waals surface area (Å²) < 4.78 is 14.9. The van der Waals surface area contributed by atoms with Crippen molar-refractivity contribution in [3.8, 4) is 5.69 Å². The number of carbonyl (C=O) groups excluding carboxylic acids is 1. The number of hydrogen-bond acceptors (Lipinski definition) is 6. The van der Waals surface area contributed by atoms with Crippen LogP contribution in [0.2, 0.25) is 0 Å². The first-order chi connectivity index (χ1) is 16.4. The molecular weight excluding hydrogens is 457 g/mol. The number of non-ortho nitro benzene ring substituents is 1. The number of benzene rings is 3. The second-order valence-electron chi connectivity index (χ2n) is 7.48. The van der Waals surface area contributed by atoms with Crippen molar-refractivity contribution < 1.29 is 14.1 Å². The molecular formula is C24H20FN5O3S. The fraction of sp³-hybridized carbons (Fsp3) is 0.125. The maximum absolute atomic E-state index is 13.1. The quantitative estimate of drug-likeness (QED) is 0.221. The molecule has 0 saturated heterocycles. The van der Waals surface area contributed by atoms with Crippen LogP contribution in [0, 0.1) is 22.9 Å². The van der Waals surface area contributed by atoms with Crippen molar-refractivity contribution in [2.45, 2.75) is 24.4 Å². The average Bonchev–Trinajstić information content (AvgIpc) is 3.24. The van der Waals surface area contributed by atoms with Crippen LogP contribution >= 0.6 is 11.8 Å². The molecule has 0 aliphatic heterocycles. The lowest BCUT2D eigenvalue weighted by molar-refractivity contribution is -0.384. The predicted molar refractivity (Wildman–Crippen MR) is 126 cm³/mol. The molecule has 1 heterocycles. The van der Waals surface area contributed by atoms with Crippen molar-refractivity contribution in [3.63, 3.8) is 0 Å². The third kappa shape index (κ3) is 5.46. The number of aryl methyl sites for hydroxylation is 1. The summed E-state index contributed by atoms with van der Waals surface area (Å²) in [6.45, 7) is 2.08. The normalized spacial score (nSPS) is 10.8. The van der Waals surface area contributed by atoms with Gasteiger partial charge in [0.2, 0.25) is 0 Å². The van der Waals surface area contributed by atoms with Crippen LogP contribution in [0.15, 0.2) is 78.0 Å². The third-order valence-electron chi connectivity index (χ3n) is 4.98. The van der Waals surface area contributed by atoms with E-state index in [0.717, 1.165) is 11.1 Å². The first-order valence-electron chi connectivity index (χ1n) is 10.3. The fourth-order valence-corrected chi connectivity index (χ4v) is 4.22. The Morgan fingerprint density at radius 1 is 1.09 bits per heavy atom. The smallest absolute Gasteiger partial charge is 0.269 e. The number of nitrogens with one attached hydrogen (secondary N) is 1. The lowest BCUT2D eigenvalue weighted by Crippen LogP contribution is -2.24. The summed E-state index contributed by atoms with van der Waals surface area (Å²) in [4.78, 5) is 23.1. The summed E-state index contributed by atoms with van der Waals surface area (Å²) in [5, 5.41) is 22.9. The molecule has 0 fully saturated rings. The highest BCUT2D eigenvalue weighted by Crippen LogP contribution is 2.26. The van der Waals surface area contributed by atoms with Crippen molar-refractivity contribution >= 4 is 23.4 Å². The molecule has 0 spiro atoms. The first kappa shape index (κ1) is 23.1. The Hall–Kier alpha value is -4.05. The summed E-state index contributed by atoms with van der Waals surface area (Å²) in [6.07, 6.45) is 0. The van der Waals surface area contributed by atoms with E-state index in [1.54, 1.807) is 16.7 Å². The Labute approximate surface area is 199 Å². The van der Waals surface area contributed by atoms with Crippen LogP contribution < -0.4 is 5.32 Å². The average molecular weight is 478 g/mol. The number of nitro groups is 1. The summed E-state index contributed by atoms with van der Waals surface area (Å²) in [5.41, 5.74) is 3.19. The number of nitro benzene ring substituents is 1. The van der Waals surface area contributed by atoms with Gasteiger partial charge in [-0.1, -0.05) is 41.6 Å². The van der Waals surface area contributed by atoms with E-state index in [0.29, 0.717) is 28.0 Å². The van der Waals surface area contributed by atoms with Crippen molar-refractivity contribution in [2.24, 2.45) is 0 Å². The van der Waals surface area contributed by atoms with Crippen LogP contribution in [-0.2, 0) is 12.3 Å². The van der Waals surface area contributed by atoms with Crippen molar-refractivity contribution in [1.29, 1.82) is 0 Å². The molecule has 10 heteroatoms. The Kier molecular flexibility index (Phi) is 6.98. The van der Waals surface area contributed by atoms with E-state index in [4.69, 9.17) is 0 Å². The zero-order valence-corrected chi connectivity index (χ0v) is 19.0. The minimum Gasteiger partial charge on any atom is -0.345 e. The topological polar surface area (TPSA) is 103 Å². The molecule has 0 unspecified atom stereocenters. The van der Waals surface area contributed by atoms with Crippen molar-refractivity contribution in [3.05, 3.63) is 111 Å². The molecule has 4 rings (SSSR count). The van der Waals surface area contributed by atoms with Crippen molar-refractivity contribution in [1.82, 2.24) is 20.1 Å². The van der Waals surface area contributed by atoms with Gasteiger partial charge in [0, 0.05) is 29.1 Å². The van der Waals surface area contributed by atoms with Gasteiger partial charge in [-0.05, 0) is 48.9 Å². The van der Waals surface area contributed by atoms with E-state index >= 15 is 0 Å². The zero-order chi connectivity index (χ0) is 24.1. The molecule has 4 aromatic rings.